The molecular formula is C23H25ClN4O3. The van der Waals surface area contributed by atoms with Gasteiger partial charge in [0.2, 0.25) is 0 Å². The molecule has 8 heteroatoms. The molecule has 0 radical (unpaired) electrons. The van der Waals surface area contributed by atoms with Gasteiger partial charge in [-0.25, -0.2) is 0 Å². The third-order valence-corrected chi connectivity index (χ3v) is 4.82. The Morgan fingerprint density at radius 2 is 1.90 bits per heavy atom. The molecule has 0 saturated heterocycles. The van der Waals surface area contributed by atoms with Crippen LogP contribution in [0.4, 0.5) is 5.69 Å². The number of carbonyl (C=O) groups is 2. The van der Waals surface area contributed by atoms with Gasteiger partial charge >= 0.3 is 0 Å². The van der Waals surface area contributed by atoms with Crippen LogP contribution in [0.25, 0.3) is 0 Å². The van der Waals surface area contributed by atoms with Crippen molar-refractivity contribution in [2.75, 3.05) is 11.9 Å². The molecule has 0 aliphatic carbocycles. The minimum absolute atomic E-state index is 0.196. The van der Waals surface area contributed by atoms with Gasteiger partial charge in [0.25, 0.3) is 11.8 Å². The SMILES string of the molecule is CCCNC(=O)c1nn(CC)cc1NC(=O)c1cccc(COc2ccccc2Cl)c1. The maximum absolute atomic E-state index is 12.8. The van der Waals surface area contributed by atoms with E-state index in [4.69, 9.17) is 16.3 Å². The molecule has 7 nitrogen and oxygen atoms in total. The molecule has 3 aromatic rings. The normalized spacial score (nSPS) is 10.5. The van der Waals surface area contributed by atoms with Crippen molar-refractivity contribution >= 4 is 29.1 Å². The number of nitrogens with zero attached hydrogens (tertiary/aromatic N) is 2. The lowest BCUT2D eigenvalue weighted by Crippen LogP contribution is -2.26. The van der Waals surface area contributed by atoms with Gasteiger partial charge in [-0.1, -0.05) is 42.8 Å². The van der Waals surface area contributed by atoms with Gasteiger partial charge in [0, 0.05) is 24.8 Å². The lowest BCUT2D eigenvalue weighted by Gasteiger charge is -2.10. The maximum atomic E-state index is 12.8. The molecule has 0 aliphatic heterocycles. The Balaban J connectivity index is 1.72. The van der Waals surface area contributed by atoms with E-state index in [0.717, 1.165) is 12.0 Å². The second kappa shape index (κ2) is 10.6. The quantitative estimate of drug-likeness (QED) is 0.512. The molecule has 0 bridgehead atoms. The summed E-state index contributed by atoms with van der Waals surface area (Å²) in [7, 11) is 0. The van der Waals surface area contributed by atoms with Gasteiger partial charge in [-0.15, -0.1) is 0 Å². The number of hydrogen-bond acceptors (Lipinski definition) is 4. The standard InChI is InChI=1S/C23H25ClN4O3/c1-3-12-25-23(30)21-19(14-28(4-2)27-21)26-22(29)17-9-7-8-16(13-17)15-31-20-11-6-5-10-18(20)24/h5-11,13-14H,3-4,12,15H2,1-2H3,(H,25,30)(H,26,29). The van der Waals surface area contributed by atoms with E-state index < -0.39 is 0 Å². The fraction of sp³-hybridized carbons (Fsp3) is 0.261. The number of hydrogen-bond donors (Lipinski definition) is 2. The molecule has 0 aliphatic rings. The van der Waals surface area contributed by atoms with E-state index in [1.807, 2.05) is 32.0 Å². The number of halogens is 1. The van der Waals surface area contributed by atoms with Gasteiger partial charge in [0.15, 0.2) is 5.69 Å². The van der Waals surface area contributed by atoms with E-state index in [-0.39, 0.29) is 24.1 Å². The molecule has 1 heterocycles. The molecule has 2 N–H and O–H groups in total. The van der Waals surface area contributed by atoms with E-state index in [2.05, 4.69) is 15.7 Å². The number of ether oxygens (including phenoxy) is 1. The van der Waals surface area contributed by atoms with Crippen molar-refractivity contribution in [1.29, 1.82) is 0 Å². The lowest BCUT2D eigenvalue weighted by atomic mass is 10.1. The zero-order valence-corrected chi connectivity index (χ0v) is 18.3. The van der Waals surface area contributed by atoms with Crippen molar-refractivity contribution in [2.45, 2.75) is 33.4 Å². The smallest absolute Gasteiger partial charge is 0.273 e. The van der Waals surface area contributed by atoms with Crippen LogP contribution in [0.3, 0.4) is 0 Å². The molecule has 2 amide bonds. The lowest BCUT2D eigenvalue weighted by molar-refractivity contribution is 0.0948. The molecule has 0 fully saturated rings. The Kier molecular flexibility index (Phi) is 7.67. The summed E-state index contributed by atoms with van der Waals surface area (Å²) in [6, 6.07) is 14.3. The number of rotatable bonds is 9. The summed E-state index contributed by atoms with van der Waals surface area (Å²) in [4.78, 5) is 25.2. The Morgan fingerprint density at radius 3 is 2.65 bits per heavy atom. The fourth-order valence-corrected chi connectivity index (χ4v) is 3.07. The van der Waals surface area contributed by atoms with Gasteiger partial charge in [0.05, 0.1) is 10.7 Å². The first-order chi connectivity index (χ1) is 15.0. The summed E-state index contributed by atoms with van der Waals surface area (Å²) in [6.45, 7) is 5.27. The van der Waals surface area contributed by atoms with Crippen molar-refractivity contribution in [3.63, 3.8) is 0 Å². The zero-order valence-electron chi connectivity index (χ0n) is 17.5. The number of aromatic nitrogens is 2. The van der Waals surface area contributed by atoms with Crippen LogP contribution in [-0.2, 0) is 13.2 Å². The van der Waals surface area contributed by atoms with Crippen LogP contribution in [0, 0.1) is 0 Å². The van der Waals surface area contributed by atoms with Gasteiger partial charge in [-0.3, -0.25) is 14.3 Å². The van der Waals surface area contributed by atoms with Crippen LogP contribution in [0.15, 0.2) is 54.7 Å². The van der Waals surface area contributed by atoms with Crippen molar-refractivity contribution < 1.29 is 14.3 Å². The molecule has 3 rings (SSSR count). The van der Waals surface area contributed by atoms with E-state index in [9.17, 15) is 9.59 Å². The molecular weight excluding hydrogens is 416 g/mol. The topological polar surface area (TPSA) is 85.3 Å². The molecule has 1 aromatic heterocycles. The molecule has 31 heavy (non-hydrogen) atoms. The molecule has 0 spiro atoms. The Hall–Kier alpha value is -3.32. The minimum Gasteiger partial charge on any atom is -0.487 e. The second-order valence-electron chi connectivity index (χ2n) is 6.88. The van der Waals surface area contributed by atoms with Crippen LogP contribution in [0.1, 0.15) is 46.7 Å². The van der Waals surface area contributed by atoms with Crippen molar-refractivity contribution in [1.82, 2.24) is 15.1 Å². The number of amides is 2. The van der Waals surface area contributed by atoms with Gasteiger partial charge in [0.1, 0.15) is 12.4 Å². The van der Waals surface area contributed by atoms with Crippen LogP contribution >= 0.6 is 11.6 Å². The third-order valence-electron chi connectivity index (χ3n) is 4.50. The number of para-hydroxylation sites is 1. The van der Waals surface area contributed by atoms with Gasteiger partial charge < -0.3 is 15.4 Å². The van der Waals surface area contributed by atoms with E-state index in [1.165, 1.54) is 0 Å². The van der Waals surface area contributed by atoms with Gasteiger partial charge in [-0.2, -0.15) is 5.10 Å². The van der Waals surface area contributed by atoms with E-state index in [0.29, 0.717) is 35.1 Å². The first-order valence-corrected chi connectivity index (χ1v) is 10.5. The number of nitrogens with one attached hydrogen (secondary N) is 2. The Bertz CT molecular complexity index is 1060. The summed E-state index contributed by atoms with van der Waals surface area (Å²) in [6.07, 6.45) is 2.47. The first-order valence-electron chi connectivity index (χ1n) is 10.1. The molecule has 162 valence electrons. The van der Waals surface area contributed by atoms with Crippen LogP contribution < -0.4 is 15.4 Å². The number of anilines is 1. The molecule has 0 saturated carbocycles. The highest BCUT2D eigenvalue weighted by atomic mass is 35.5. The van der Waals surface area contributed by atoms with Crippen LogP contribution in [-0.4, -0.2) is 28.1 Å². The summed E-state index contributed by atoms with van der Waals surface area (Å²) in [5, 5.41) is 10.4. The van der Waals surface area contributed by atoms with Crippen molar-refractivity contribution in [2.24, 2.45) is 0 Å². The first kappa shape index (κ1) is 22.4. The highest BCUT2D eigenvalue weighted by Crippen LogP contribution is 2.24. The Morgan fingerprint density at radius 1 is 1.10 bits per heavy atom. The van der Waals surface area contributed by atoms with Crippen molar-refractivity contribution in [3.8, 4) is 5.75 Å². The number of carbonyl (C=O) groups excluding carboxylic acids is 2. The van der Waals surface area contributed by atoms with Crippen LogP contribution in [0.5, 0.6) is 5.75 Å². The monoisotopic (exact) mass is 440 g/mol. The molecule has 0 unspecified atom stereocenters. The van der Waals surface area contributed by atoms with E-state index >= 15 is 0 Å². The minimum atomic E-state index is -0.334. The predicted octanol–water partition coefficient (Wildman–Crippen LogP) is 4.53. The number of aryl methyl sites for hydroxylation is 1. The summed E-state index contributed by atoms with van der Waals surface area (Å²) in [5.41, 5.74) is 1.84. The summed E-state index contributed by atoms with van der Waals surface area (Å²) >= 11 is 6.12. The Labute approximate surface area is 186 Å². The van der Waals surface area contributed by atoms with Crippen LogP contribution in [0.2, 0.25) is 5.02 Å². The zero-order chi connectivity index (χ0) is 22.2. The maximum Gasteiger partial charge on any atom is 0.273 e. The predicted molar refractivity (Wildman–Crippen MR) is 121 cm³/mol. The third kappa shape index (κ3) is 5.86. The largest absolute Gasteiger partial charge is 0.487 e. The highest BCUT2D eigenvalue weighted by Gasteiger charge is 2.19. The summed E-state index contributed by atoms with van der Waals surface area (Å²) in [5.74, 6) is -0.0697. The average Bonchev–Trinajstić information content (AvgIpc) is 3.20. The van der Waals surface area contributed by atoms with Crippen molar-refractivity contribution in [3.05, 3.63) is 76.6 Å². The second-order valence-corrected chi connectivity index (χ2v) is 7.28. The van der Waals surface area contributed by atoms with E-state index in [1.54, 1.807) is 41.2 Å². The molecule has 0 atom stereocenters. The summed E-state index contributed by atoms with van der Waals surface area (Å²) < 4.78 is 7.37. The highest BCUT2D eigenvalue weighted by molar-refractivity contribution is 6.32. The molecule has 2 aromatic carbocycles. The van der Waals surface area contributed by atoms with Gasteiger partial charge in [-0.05, 0) is 43.2 Å². The fourth-order valence-electron chi connectivity index (χ4n) is 2.88. The average molecular weight is 441 g/mol. The number of benzene rings is 2.